The lowest BCUT2D eigenvalue weighted by atomic mass is 10.1. The maximum atomic E-state index is 2.24. The Morgan fingerprint density at radius 3 is 2.22 bits per heavy atom. The molecule has 0 fully saturated rings. The first kappa shape index (κ1) is 6.59. The molecule has 0 radical (unpaired) electrons. The second kappa shape index (κ2) is 1.72. The largest absolute Gasteiger partial charge is 0.266 e. The molecule has 1 aliphatic rings. The molecule has 0 aromatic rings. The predicted octanol–water partition coefficient (Wildman–Crippen LogP) is 0.381. The number of likely N-dealkylation sites (N-methyl/N-ethyl adjacent to an activating group) is 2. The van der Waals surface area contributed by atoms with Crippen molar-refractivity contribution in [2.75, 3.05) is 20.6 Å². The third-order valence-corrected chi connectivity index (χ3v) is 1.96. The number of hydrogen-bond acceptors (Lipinski definition) is 1. The van der Waals surface area contributed by atoms with Crippen molar-refractivity contribution in [2.24, 2.45) is 0 Å². The van der Waals surface area contributed by atoms with E-state index in [1.54, 1.807) is 0 Å². The topological polar surface area (TPSA) is 6.25 Å². The zero-order valence-electron chi connectivity index (χ0n) is 6.68. The van der Waals surface area contributed by atoms with E-state index in [1.165, 1.54) is 0 Å². The summed E-state index contributed by atoms with van der Waals surface area (Å²) in [5, 5.41) is 0. The van der Waals surface area contributed by atoms with Crippen LogP contribution in [0, 0.1) is 0 Å². The molecular formula is C7H15N2+. The van der Waals surface area contributed by atoms with Gasteiger partial charge < -0.3 is 0 Å². The van der Waals surface area contributed by atoms with Crippen LogP contribution in [0.3, 0.4) is 0 Å². The van der Waals surface area contributed by atoms with Gasteiger partial charge in [-0.3, -0.25) is 9.48 Å². The fourth-order valence-corrected chi connectivity index (χ4v) is 1.21. The lowest BCUT2D eigenvalue weighted by molar-refractivity contribution is -0.489. The van der Waals surface area contributed by atoms with Crippen LogP contribution in [0.1, 0.15) is 13.8 Å². The van der Waals surface area contributed by atoms with Gasteiger partial charge in [-0.1, -0.05) is 0 Å². The van der Waals surface area contributed by atoms with Gasteiger partial charge in [-0.15, -0.1) is 0 Å². The van der Waals surface area contributed by atoms with Crippen molar-refractivity contribution in [3.05, 3.63) is 0 Å². The van der Waals surface area contributed by atoms with E-state index in [-0.39, 0.29) is 0 Å². The molecule has 0 saturated carbocycles. The maximum Gasteiger partial charge on any atom is 0.234 e. The van der Waals surface area contributed by atoms with Gasteiger partial charge in [0, 0.05) is 0 Å². The maximum absolute atomic E-state index is 2.24. The second-order valence-electron chi connectivity index (χ2n) is 3.45. The average molecular weight is 127 g/mol. The summed E-state index contributed by atoms with van der Waals surface area (Å²) in [5.74, 6) is 0. The molecule has 0 spiro atoms. The van der Waals surface area contributed by atoms with Gasteiger partial charge in [0.15, 0.2) is 0 Å². The van der Waals surface area contributed by atoms with Crippen LogP contribution in [-0.2, 0) is 0 Å². The number of nitrogens with zero attached hydrogens (tertiary/aromatic N) is 2. The van der Waals surface area contributed by atoms with Crippen molar-refractivity contribution < 1.29 is 4.58 Å². The van der Waals surface area contributed by atoms with Gasteiger partial charge in [0.25, 0.3) is 0 Å². The van der Waals surface area contributed by atoms with Crippen LogP contribution in [0.2, 0.25) is 0 Å². The highest BCUT2D eigenvalue weighted by Crippen LogP contribution is 2.13. The van der Waals surface area contributed by atoms with Gasteiger partial charge in [0.05, 0.1) is 14.1 Å². The van der Waals surface area contributed by atoms with Gasteiger partial charge in [0.2, 0.25) is 6.34 Å². The predicted molar refractivity (Wildman–Crippen MR) is 39.0 cm³/mol. The first-order valence-electron chi connectivity index (χ1n) is 3.30. The highest BCUT2D eigenvalue weighted by Gasteiger charge is 2.34. The fourth-order valence-electron chi connectivity index (χ4n) is 1.21. The van der Waals surface area contributed by atoms with Gasteiger partial charge in [-0.25, -0.2) is 0 Å². The molecular weight excluding hydrogens is 112 g/mol. The minimum Gasteiger partial charge on any atom is -0.266 e. The summed E-state index contributed by atoms with van der Waals surface area (Å²) in [6.45, 7) is 5.61. The molecule has 0 saturated heterocycles. The SMILES string of the molecule is CN1C=[N+](C)CC1(C)C. The summed E-state index contributed by atoms with van der Waals surface area (Å²) in [5.41, 5.74) is 0.328. The number of rotatable bonds is 0. The normalized spacial score (nSPS) is 24.4. The van der Waals surface area contributed by atoms with Crippen LogP contribution in [-0.4, -0.2) is 42.0 Å². The Labute approximate surface area is 56.8 Å². The van der Waals surface area contributed by atoms with Crippen LogP contribution in [0.4, 0.5) is 0 Å². The Morgan fingerprint density at radius 1 is 1.56 bits per heavy atom. The standard InChI is InChI=1S/C7H15N2/c1-7(2)5-8(3)6-9(7)4/h6H,5H2,1-4H3/q+1. The Balaban J connectivity index is 2.71. The Morgan fingerprint density at radius 2 is 2.11 bits per heavy atom. The van der Waals surface area contributed by atoms with Crippen LogP contribution in [0.5, 0.6) is 0 Å². The summed E-state index contributed by atoms with van der Waals surface area (Å²) in [4.78, 5) is 2.24. The zero-order valence-corrected chi connectivity index (χ0v) is 6.68. The quantitative estimate of drug-likeness (QED) is 0.426. The highest BCUT2D eigenvalue weighted by molar-refractivity contribution is 5.51. The van der Waals surface area contributed by atoms with Gasteiger partial charge in [-0.05, 0) is 13.8 Å². The molecule has 0 atom stereocenters. The molecule has 0 unspecified atom stereocenters. The molecule has 0 N–H and O–H groups in total. The van der Waals surface area contributed by atoms with Crippen molar-refractivity contribution in [1.82, 2.24) is 4.90 Å². The highest BCUT2D eigenvalue weighted by atomic mass is 15.3. The minimum atomic E-state index is 0.328. The van der Waals surface area contributed by atoms with Crippen LogP contribution < -0.4 is 0 Å². The molecule has 0 aromatic heterocycles. The monoisotopic (exact) mass is 127 g/mol. The zero-order chi connectivity index (χ0) is 7.07. The van der Waals surface area contributed by atoms with Gasteiger partial charge in [0.1, 0.15) is 12.1 Å². The van der Waals surface area contributed by atoms with Gasteiger partial charge in [-0.2, -0.15) is 0 Å². The molecule has 52 valence electrons. The fraction of sp³-hybridized carbons (Fsp3) is 0.857. The van der Waals surface area contributed by atoms with E-state index in [9.17, 15) is 0 Å². The molecule has 2 heteroatoms. The molecule has 1 heterocycles. The van der Waals surface area contributed by atoms with Crippen molar-refractivity contribution in [1.29, 1.82) is 0 Å². The third-order valence-electron chi connectivity index (χ3n) is 1.96. The molecule has 0 bridgehead atoms. The first-order valence-corrected chi connectivity index (χ1v) is 3.30. The molecule has 1 aliphatic heterocycles. The van der Waals surface area contributed by atoms with E-state index in [1.807, 2.05) is 0 Å². The Kier molecular flexibility index (Phi) is 1.26. The molecule has 0 aromatic carbocycles. The molecule has 9 heavy (non-hydrogen) atoms. The van der Waals surface area contributed by atoms with Crippen LogP contribution >= 0.6 is 0 Å². The van der Waals surface area contributed by atoms with E-state index in [2.05, 4.69) is 43.8 Å². The van der Waals surface area contributed by atoms with Crippen molar-refractivity contribution in [3.8, 4) is 0 Å². The average Bonchev–Trinajstić information content (AvgIpc) is 1.79. The molecule has 2 nitrogen and oxygen atoms in total. The molecule has 0 amide bonds. The summed E-state index contributed by atoms with van der Waals surface area (Å²) in [7, 11) is 4.22. The number of hydrogen-bond donors (Lipinski definition) is 0. The van der Waals surface area contributed by atoms with E-state index < -0.39 is 0 Å². The summed E-state index contributed by atoms with van der Waals surface area (Å²) in [6.07, 6.45) is 2.14. The lowest BCUT2D eigenvalue weighted by Gasteiger charge is -2.19. The smallest absolute Gasteiger partial charge is 0.234 e. The molecule has 1 rings (SSSR count). The van der Waals surface area contributed by atoms with Crippen LogP contribution in [0.15, 0.2) is 0 Å². The minimum absolute atomic E-state index is 0.328. The summed E-state index contributed by atoms with van der Waals surface area (Å²) in [6, 6.07) is 0. The van der Waals surface area contributed by atoms with Crippen molar-refractivity contribution in [2.45, 2.75) is 19.4 Å². The lowest BCUT2D eigenvalue weighted by Crippen LogP contribution is -2.38. The Hall–Kier alpha value is -0.530. The first-order chi connectivity index (χ1) is 4.02. The molecule has 0 aliphatic carbocycles. The van der Waals surface area contributed by atoms with E-state index in [0.717, 1.165) is 6.54 Å². The van der Waals surface area contributed by atoms with Crippen molar-refractivity contribution >= 4 is 6.34 Å². The van der Waals surface area contributed by atoms with E-state index >= 15 is 0 Å². The van der Waals surface area contributed by atoms with Crippen LogP contribution in [0.25, 0.3) is 0 Å². The van der Waals surface area contributed by atoms with E-state index in [0.29, 0.717) is 5.54 Å². The summed E-state index contributed by atoms with van der Waals surface area (Å²) < 4.78 is 2.21. The Bertz CT molecular complexity index is 147. The van der Waals surface area contributed by atoms with Gasteiger partial charge >= 0.3 is 0 Å². The summed E-state index contributed by atoms with van der Waals surface area (Å²) >= 11 is 0. The van der Waals surface area contributed by atoms with E-state index in [4.69, 9.17) is 0 Å². The second-order valence-corrected chi connectivity index (χ2v) is 3.45. The third kappa shape index (κ3) is 1.07. The van der Waals surface area contributed by atoms with Crippen molar-refractivity contribution in [3.63, 3.8) is 0 Å².